The molecule has 2 aliphatic rings. The lowest BCUT2D eigenvalue weighted by atomic mass is 9.88. The predicted octanol–water partition coefficient (Wildman–Crippen LogP) is 3.77. The molecular weight excluding hydrogens is 450 g/mol. The summed E-state index contributed by atoms with van der Waals surface area (Å²) < 4.78 is 31.3. The minimum absolute atomic E-state index is 0.0692. The van der Waals surface area contributed by atoms with E-state index in [0.717, 1.165) is 29.9 Å². The summed E-state index contributed by atoms with van der Waals surface area (Å²) in [6.07, 6.45) is 3.51. The minimum atomic E-state index is -3.01. The second kappa shape index (κ2) is 9.58. The van der Waals surface area contributed by atoms with Crippen LogP contribution in [0.2, 0.25) is 0 Å². The third-order valence-corrected chi connectivity index (χ3v) is 7.49. The van der Waals surface area contributed by atoms with Crippen LogP contribution in [-0.4, -0.2) is 63.8 Å². The van der Waals surface area contributed by atoms with Gasteiger partial charge in [-0.2, -0.15) is 13.9 Å². The molecule has 7 nitrogen and oxygen atoms in total. The maximum atomic E-state index is 14.7. The summed E-state index contributed by atoms with van der Waals surface area (Å²) in [5.74, 6) is -3.08. The number of piperazine rings is 1. The first kappa shape index (κ1) is 25.7. The fourth-order valence-electron chi connectivity index (χ4n) is 5.21. The highest BCUT2D eigenvalue weighted by Gasteiger charge is 2.42. The molecule has 2 unspecified atom stereocenters. The van der Waals surface area contributed by atoms with Crippen LogP contribution in [0, 0.1) is 13.8 Å². The monoisotopic (exact) mass is 488 g/mol. The lowest BCUT2D eigenvalue weighted by molar-refractivity contribution is -0.120. The average Bonchev–Trinajstić information content (AvgIpc) is 3.25. The number of pyridine rings is 1. The number of hydrogen-bond acceptors (Lipinski definition) is 5. The smallest absolute Gasteiger partial charge is 0.289 e. The molecule has 0 spiro atoms. The molecule has 2 aromatic rings. The van der Waals surface area contributed by atoms with Gasteiger partial charge in [0.2, 0.25) is 5.91 Å². The third-order valence-electron chi connectivity index (χ3n) is 7.49. The zero-order valence-electron chi connectivity index (χ0n) is 21.7. The Morgan fingerprint density at radius 2 is 2.03 bits per heavy atom. The molecule has 192 valence electrons. The van der Waals surface area contributed by atoms with Crippen LogP contribution in [0.25, 0.3) is 0 Å². The lowest BCUT2D eigenvalue weighted by Gasteiger charge is -2.39. The molecule has 1 N–H and O–H groups in total. The van der Waals surface area contributed by atoms with E-state index in [1.54, 1.807) is 18.0 Å². The van der Waals surface area contributed by atoms with Gasteiger partial charge in [0, 0.05) is 61.0 Å². The Bertz CT molecular complexity index is 1080. The number of aryl methyl sites for hydroxylation is 1. The number of nitrogens with one attached hydrogen (secondary N) is 1. The number of fused-ring (bicyclic) bond motifs is 1. The highest BCUT2D eigenvalue weighted by atomic mass is 19.3. The van der Waals surface area contributed by atoms with E-state index < -0.39 is 5.92 Å². The number of alkyl halides is 2. The Kier molecular flexibility index (Phi) is 7.03. The Balaban J connectivity index is 1.57. The van der Waals surface area contributed by atoms with Crippen LogP contribution in [0.1, 0.15) is 63.1 Å². The van der Waals surface area contributed by atoms with Crippen molar-refractivity contribution in [3.05, 3.63) is 41.0 Å². The summed E-state index contributed by atoms with van der Waals surface area (Å²) >= 11 is 0. The van der Waals surface area contributed by atoms with Gasteiger partial charge in [-0.25, -0.2) is 0 Å². The van der Waals surface area contributed by atoms with Gasteiger partial charge in [-0.3, -0.25) is 19.4 Å². The molecule has 4 heterocycles. The highest BCUT2D eigenvalue weighted by molar-refractivity contribution is 5.97. The Morgan fingerprint density at radius 1 is 1.29 bits per heavy atom. The number of rotatable bonds is 7. The summed E-state index contributed by atoms with van der Waals surface area (Å²) in [4.78, 5) is 21.7. The summed E-state index contributed by atoms with van der Waals surface area (Å²) in [5.41, 5.74) is 3.07. The SMILES string of the molecule is CCCC(F)(F)c1cc2c(cn1)C(C)(C)CN2C(=O)CN1CC(C)NCC1Cn1ncc(C)c1C. The van der Waals surface area contributed by atoms with Crippen molar-refractivity contribution in [3.8, 4) is 0 Å². The minimum Gasteiger partial charge on any atom is -0.311 e. The first-order chi connectivity index (χ1) is 16.4. The first-order valence-corrected chi connectivity index (χ1v) is 12.6. The van der Waals surface area contributed by atoms with E-state index in [9.17, 15) is 13.6 Å². The third kappa shape index (κ3) is 5.11. The Hall–Kier alpha value is -2.39. The van der Waals surface area contributed by atoms with Gasteiger partial charge in [-0.1, -0.05) is 27.2 Å². The van der Waals surface area contributed by atoms with Crippen molar-refractivity contribution in [2.24, 2.45) is 0 Å². The van der Waals surface area contributed by atoms with E-state index in [0.29, 0.717) is 25.2 Å². The van der Waals surface area contributed by atoms with E-state index in [1.165, 1.54) is 6.07 Å². The molecule has 2 aliphatic heterocycles. The summed E-state index contributed by atoms with van der Waals surface area (Å²) in [6.45, 7) is 14.9. The number of amides is 1. The number of carbonyl (C=O) groups is 1. The normalized spacial score (nSPS) is 22.5. The molecule has 1 fully saturated rings. The quantitative estimate of drug-likeness (QED) is 0.643. The lowest BCUT2D eigenvalue weighted by Crippen LogP contribution is -2.59. The zero-order valence-corrected chi connectivity index (χ0v) is 21.7. The van der Waals surface area contributed by atoms with Gasteiger partial charge >= 0.3 is 0 Å². The number of hydrogen-bond donors (Lipinski definition) is 1. The largest absolute Gasteiger partial charge is 0.311 e. The molecule has 35 heavy (non-hydrogen) atoms. The van der Waals surface area contributed by atoms with Crippen molar-refractivity contribution in [1.29, 1.82) is 0 Å². The molecule has 2 atom stereocenters. The van der Waals surface area contributed by atoms with E-state index >= 15 is 0 Å². The predicted molar refractivity (Wildman–Crippen MR) is 133 cm³/mol. The van der Waals surface area contributed by atoms with Gasteiger partial charge in [-0.05, 0) is 32.4 Å². The van der Waals surface area contributed by atoms with Gasteiger partial charge in [0.1, 0.15) is 5.69 Å². The maximum absolute atomic E-state index is 14.7. The highest BCUT2D eigenvalue weighted by Crippen LogP contribution is 2.43. The molecular formula is C26H38F2N6O. The molecule has 0 radical (unpaired) electrons. The maximum Gasteiger partial charge on any atom is 0.289 e. The Labute approximate surface area is 206 Å². The molecule has 1 amide bonds. The molecule has 2 aromatic heterocycles. The molecule has 0 aliphatic carbocycles. The molecule has 0 bridgehead atoms. The number of halogens is 2. The fourth-order valence-corrected chi connectivity index (χ4v) is 5.21. The number of carbonyl (C=O) groups excluding carboxylic acids is 1. The van der Waals surface area contributed by atoms with Crippen molar-refractivity contribution in [3.63, 3.8) is 0 Å². The van der Waals surface area contributed by atoms with Crippen molar-refractivity contribution in [1.82, 2.24) is 25.0 Å². The van der Waals surface area contributed by atoms with Crippen LogP contribution in [0.15, 0.2) is 18.5 Å². The van der Waals surface area contributed by atoms with Crippen molar-refractivity contribution in [2.75, 3.05) is 31.1 Å². The van der Waals surface area contributed by atoms with Gasteiger partial charge in [0.05, 0.1) is 25.0 Å². The second-order valence-electron chi connectivity index (χ2n) is 10.9. The van der Waals surface area contributed by atoms with Crippen molar-refractivity contribution < 1.29 is 13.6 Å². The summed E-state index contributed by atoms with van der Waals surface area (Å²) in [7, 11) is 0. The number of anilines is 1. The van der Waals surface area contributed by atoms with Crippen LogP contribution in [0.3, 0.4) is 0 Å². The number of nitrogens with zero attached hydrogens (tertiary/aromatic N) is 5. The molecule has 4 rings (SSSR count). The van der Waals surface area contributed by atoms with Crippen LogP contribution in [-0.2, 0) is 22.7 Å². The van der Waals surface area contributed by atoms with E-state index in [-0.39, 0.29) is 42.1 Å². The van der Waals surface area contributed by atoms with Gasteiger partial charge in [-0.15, -0.1) is 0 Å². The van der Waals surface area contributed by atoms with Gasteiger partial charge < -0.3 is 10.2 Å². The Morgan fingerprint density at radius 3 is 2.69 bits per heavy atom. The van der Waals surface area contributed by atoms with Crippen molar-refractivity contribution in [2.45, 2.75) is 84.4 Å². The van der Waals surface area contributed by atoms with Gasteiger partial charge in [0.25, 0.3) is 5.92 Å². The second-order valence-corrected chi connectivity index (χ2v) is 10.9. The molecule has 9 heteroatoms. The fraction of sp³-hybridized carbons (Fsp3) is 0.654. The van der Waals surface area contributed by atoms with Crippen LogP contribution in [0.4, 0.5) is 14.5 Å². The van der Waals surface area contributed by atoms with Crippen LogP contribution >= 0.6 is 0 Å². The molecule has 0 saturated carbocycles. The topological polar surface area (TPSA) is 66.3 Å². The van der Waals surface area contributed by atoms with E-state index in [1.807, 2.05) is 31.6 Å². The standard InChI is InChI=1S/C26H38F2N6O/c1-7-8-26(27,28)23-9-22-21(12-30-23)25(5,6)16-33(22)24(35)15-32-13-18(3)29-11-20(32)14-34-19(4)17(2)10-31-34/h9-10,12,18,20,29H,7-8,11,13-16H2,1-6H3. The summed E-state index contributed by atoms with van der Waals surface area (Å²) in [5, 5.41) is 8.02. The van der Waals surface area contributed by atoms with Crippen LogP contribution < -0.4 is 10.2 Å². The summed E-state index contributed by atoms with van der Waals surface area (Å²) in [6, 6.07) is 1.79. The van der Waals surface area contributed by atoms with E-state index in [4.69, 9.17) is 0 Å². The average molecular weight is 489 g/mol. The van der Waals surface area contributed by atoms with Crippen molar-refractivity contribution >= 4 is 11.6 Å². The number of aromatic nitrogens is 3. The van der Waals surface area contributed by atoms with Crippen LogP contribution in [0.5, 0.6) is 0 Å². The molecule has 1 saturated heterocycles. The molecule has 0 aromatic carbocycles. The van der Waals surface area contributed by atoms with E-state index in [2.05, 4.69) is 34.1 Å². The van der Waals surface area contributed by atoms with Gasteiger partial charge in [0.15, 0.2) is 0 Å². The zero-order chi connectivity index (χ0) is 25.5. The first-order valence-electron chi connectivity index (χ1n) is 12.6.